The quantitative estimate of drug-likeness (QED) is 0.863. The number of ether oxygens (including phenoxy) is 1. The van der Waals surface area contributed by atoms with E-state index in [-0.39, 0.29) is 29.0 Å². The average molecular weight is 379 g/mol. The third kappa shape index (κ3) is 4.81. The smallest absolute Gasteiger partial charge is 0.387 e. The molecular formula is C18H19F2N3O4. The van der Waals surface area contributed by atoms with Crippen molar-refractivity contribution in [3.8, 4) is 5.75 Å². The van der Waals surface area contributed by atoms with Crippen LogP contribution in [0.2, 0.25) is 0 Å². The molecule has 3 rings (SSSR count). The van der Waals surface area contributed by atoms with Gasteiger partial charge in [-0.05, 0) is 38.0 Å². The van der Waals surface area contributed by atoms with Gasteiger partial charge in [-0.2, -0.15) is 8.78 Å². The number of likely N-dealkylation sites (tertiary alicyclic amines) is 1. The van der Waals surface area contributed by atoms with E-state index < -0.39 is 6.61 Å². The van der Waals surface area contributed by atoms with E-state index in [9.17, 15) is 18.4 Å². The van der Waals surface area contributed by atoms with Gasteiger partial charge >= 0.3 is 6.61 Å². The number of rotatable bonds is 5. The monoisotopic (exact) mass is 379 g/mol. The van der Waals surface area contributed by atoms with E-state index in [1.54, 1.807) is 24.0 Å². The van der Waals surface area contributed by atoms with E-state index >= 15 is 0 Å². The lowest BCUT2D eigenvalue weighted by Crippen LogP contribution is -2.41. The number of anilines is 1. The highest BCUT2D eigenvalue weighted by molar-refractivity contribution is 5.95. The number of aryl methyl sites for hydroxylation is 1. The molecule has 2 heterocycles. The third-order valence-electron chi connectivity index (χ3n) is 4.34. The first-order valence-electron chi connectivity index (χ1n) is 8.50. The number of amides is 2. The second kappa shape index (κ2) is 8.15. The average Bonchev–Trinajstić information content (AvgIpc) is 3.05. The van der Waals surface area contributed by atoms with Crippen LogP contribution in [0.5, 0.6) is 5.75 Å². The topological polar surface area (TPSA) is 84.7 Å². The summed E-state index contributed by atoms with van der Waals surface area (Å²) in [5.41, 5.74) is 0.272. The Kier molecular flexibility index (Phi) is 5.68. The lowest BCUT2D eigenvalue weighted by Gasteiger charge is -2.31. The molecule has 9 heteroatoms. The third-order valence-corrected chi connectivity index (χ3v) is 4.34. The van der Waals surface area contributed by atoms with Crippen molar-refractivity contribution >= 4 is 17.6 Å². The Bertz CT molecular complexity index is 816. The number of hydrogen-bond acceptors (Lipinski definition) is 5. The zero-order chi connectivity index (χ0) is 19.4. The van der Waals surface area contributed by atoms with Crippen LogP contribution in [-0.4, -0.2) is 41.6 Å². The van der Waals surface area contributed by atoms with E-state index in [4.69, 9.17) is 4.52 Å². The molecule has 0 aliphatic carbocycles. The lowest BCUT2D eigenvalue weighted by molar-refractivity contribution is -0.121. The number of aromatic nitrogens is 1. The molecule has 0 radical (unpaired) electrons. The van der Waals surface area contributed by atoms with Crippen LogP contribution in [0.15, 0.2) is 34.9 Å². The van der Waals surface area contributed by atoms with Crippen LogP contribution >= 0.6 is 0 Å². The molecule has 1 saturated heterocycles. The van der Waals surface area contributed by atoms with Crippen LogP contribution in [-0.2, 0) is 4.79 Å². The fraction of sp³-hybridized carbons (Fsp3) is 0.389. The second-order valence-electron chi connectivity index (χ2n) is 6.28. The Morgan fingerprint density at radius 1 is 1.30 bits per heavy atom. The van der Waals surface area contributed by atoms with E-state index in [2.05, 4.69) is 15.2 Å². The molecule has 1 fully saturated rings. The molecule has 1 aromatic carbocycles. The van der Waals surface area contributed by atoms with E-state index in [1.165, 1.54) is 18.2 Å². The molecule has 2 amide bonds. The normalized spacial score (nSPS) is 15.0. The maximum absolute atomic E-state index is 12.6. The number of halogens is 2. The minimum absolute atomic E-state index is 0.0620. The van der Waals surface area contributed by atoms with Gasteiger partial charge in [-0.3, -0.25) is 9.59 Å². The van der Waals surface area contributed by atoms with E-state index in [0.717, 1.165) is 0 Å². The maximum atomic E-state index is 12.6. The standard InChI is InChI=1S/C18H19F2N3O4/c1-11-9-15(22-27-11)21-16(24)12-5-7-23(8-6-12)17(25)13-3-2-4-14(10-13)26-18(19)20/h2-4,9-10,12,18H,5-8H2,1H3,(H,21,22,24). The molecule has 0 saturated carbocycles. The zero-order valence-corrected chi connectivity index (χ0v) is 14.7. The number of carbonyl (C=O) groups is 2. The first-order chi connectivity index (χ1) is 12.9. The molecule has 1 N–H and O–H groups in total. The van der Waals surface area contributed by atoms with Gasteiger partial charge in [-0.25, -0.2) is 0 Å². The SMILES string of the molecule is Cc1cc(NC(=O)C2CCN(C(=O)c3cccc(OC(F)F)c3)CC2)no1. The van der Waals surface area contributed by atoms with Crippen LogP contribution in [0.25, 0.3) is 0 Å². The van der Waals surface area contributed by atoms with Gasteiger partial charge in [0, 0.05) is 30.6 Å². The highest BCUT2D eigenvalue weighted by Crippen LogP contribution is 2.23. The van der Waals surface area contributed by atoms with Crippen LogP contribution in [0.3, 0.4) is 0 Å². The molecule has 2 aromatic rings. The van der Waals surface area contributed by atoms with Crippen molar-refractivity contribution in [1.29, 1.82) is 0 Å². The van der Waals surface area contributed by atoms with Crippen molar-refractivity contribution in [3.05, 3.63) is 41.7 Å². The Morgan fingerprint density at radius 2 is 2.04 bits per heavy atom. The van der Waals surface area contributed by atoms with Crippen molar-refractivity contribution in [1.82, 2.24) is 10.1 Å². The first kappa shape index (κ1) is 18.8. The van der Waals surface area contributed by atoms with Crippen molar-refractivity contribution in [3.63, 3.8) is 0 Å². The van der Waals surface area contributed by atoms with Crippen molar-refractivity contribution < 1.29 is 27.6 Å². The number of nitrogens with zero attached hydrogens (tertiary/aromatic N) is 2. The summed E-state index contributed by atoms with van der Waals surface area (Å²) in [7, 11) is 0. The molecule has 27 heavy (non-hydrogen) atoms. The summed E-state index contributed by atoms with van der Waals surface area (Å²) in [4.78, 5) is 26.5. The predicted octanol–water partition coefficient (Wildman–Crippen LogP) is 3.08. The second-order valence-corrected chi connectivity index (χ2v) is 6.28. The van der Waals surface area contributed by atoms with E-state index in [0.29, 0.717) is 37.5 Å². The number of benzene rings is 1. The van der Waals surface area contributed by atoms with Crippen LogP contribution in [0, 0.1) is 12.8 Å². The predicted molar refractivity (Wildman–Crippen MR) is 91.6 cm³/mol. The number of hydrogen-bond donors (Lipinski definition) is 1. The molecule has 144 valence electrons. The minimum Gasteiger partial charge on any atom is -0.435 e. The Hall–Kier alpha value is -2.97. The highest BCUT2D eigenvalue weighted by Gasteiger charge is 2.28. The molecule has 1 aliphatic heterocycles. The molecule has 1 aliphatic rings. The molecule has 0 atom stereocenters. The van der Waals surface area contributed by atoms with Crippen LogP contribution in [0.4, 0.5) is 14.6 Å². The maximum Gasteiger partial charge on any atom is 0.387 e. The summed E-state index contributed by atoms with van der Waals surface area (Å²) in [5, 5.41) is 6.42. The van der Waals surface area contributed by atoms with Crippen molar-refractivity contribution in [2.45, 2.75) is 26.4 Å². The molecule has 7 nitrogen and oxygen atoms in total. The van der Waals surface area contributed by atoms with Gasteiger partial charge in [0.25, 0.3) is 5.91 Å². The molecule has 0 bridgehead atoms. The number of nitrogens with one attached hydrogen (secondary N) is 1. The van der Waals surface area contributed by atoms with Gasteiger partial charge < -0.3 is 19.5 Å². The number of carbonyl (C=O) groups excluding carboxylic acids is 2. The van der Waals surface area contributed by atoms with E-state index in [1.807, 2.05) is 0 Å². The number of alkyl halides is 2. The summed E-state index contributed by atoms with van der Waals surface area (Å²) in [5.74, 6) is 0.228. The summed E-state index contributed by atoms with van der Waals surface area (Å²) in [6, 6.07) is 7.33. The Balaban J connectivity index is 1.55. The zero-order valence-electron chi connectivity index (χ0n) is 14.7. The summed E-state index contributed by atoms with van der Waals surface area (Å²) in [6.07, 6.45) is 1.00. The Labute approximate surface area is 154 Å². The molecule has 0 spiro atoms. The van der Waals surface area contributed by atoms with Gasteiger partial charge in [0.1, 0.15) is 11.5 Å². The fourth-order valence-electron chi connectivity index (χ4n) is 2.99. The van der Waals surface area contributed by atoms with Crippen molar-refractivity contribution in [2.75, 3.05) is 18.4 Å². The summed E-state index contributed by atoms with van der Waals surface area (Å²) in [6.45, 7) is -0.421. The van der Waals surface area contributed by atoms with Crippen molar-refractivity contribution in [2.24, 2.45) is 5.92 Å². The van der Waals surface area contributed by atoms with Gasteiger partial charge in [-0.1, -0.05) is 11.2 Å². The Morgan fingerprint density at radius 3 is 2.67 bits per heavy atom. The largest absolute Gasteiger partial charge is 0.435 e. The molecule has 1 aromatic heterocycles. The minimum atomic E-state index is -2.95. The molecular weight excluding hydrogens is 360 g/mol. The van der Waals surface area contributed by atoms with Gasteiger partial charge in [0.2, 0.25) is 5.91 Å². The number of piperidine rings is 1. The fourth-order valence-corrected chi connectivity index (χ4v) is 2.99. The summed E-state index contributed by atoms with van der Waals surface area (Å²) < 4.78 is 33.9. The first-order valence-corrected chi connectivity index (χ1v) is 8.50. The summed E-state index contributed by atoms with van der Waals surface area (Å²) >= 11 is 0. The van der Waals surface area contributed by atoms with Crippen LogP contribution in [0.1, 0.15) is 29.0 Å². The van der Waals surface area contributed by atoms with Gasteiger partial charge in [0.05, 0.1) is 0 Å². The highest BCUT2D eigenvalue weighted by atomic mass is 19.3. The van der Waals surface area contributed by atoms with Crippen LogP contribution < -0.4 is 10.1 Å². The van der Waals surface area contributed by atoms with Gasteiger partial charge in [-0.15, -0.1) is 0 Å². The van der Waals surface area contributed by atoms with Gasteiger partial charge in [0.15, 0.2) is 5.82 Å². The lowest BCUT2D eigenvalue weighted by atomic mass is 9.95. The molecule has 0 unspecified atom stereocenters.